The topological polar surface area (TPSA) is 44.4 Å². The molecule has 0 aromatic heterocycles. The second-order valence-electron chi connectivity index (χ2n) is 6.53. The number of amides is 1. The smallest absolute Gasteiger partial charge is 0.237 e. The van der Waals surface area contributed by atoms with Crippen molar-refractivity contribution < 1.29 is 4.79 Å². The Morgan fingerprint density at radius 3 is 2.62 bits per heavy atom. The van der Waals surface area contributed by atoms with Crippen LogP contribution < -0.4 is 10.6 Å². The van der Waals surface area contributed by atoms with Gasteiger partial charge >= 0.3 is 0 Å². The lowest BCUT2D eigenvalue weighted by molar-refractivity contribution is -0.124. The van der Waals surface area contributed by atoms with E-state index in [2.05, 4.69) is 41.5 Å². The average molecular weight is 289 g/mol. The summed E-state index contributed by atoms with van der Waals surface area (Å²) in [7, 11) is 4.08. The molecular formula is C17H27N3O. The van der Waals surface area contributed by atoms with E-state index in [0.717, 1.165) is 19.5 Å². The number of hydrogen-bond donors (Lipinski definition) is 2. The molecule has 1 aliphatic heterocycles. The standard InChI is InChI=1S/C17H27N3O/c1-12(2)16(11-20(3)4)19-17(21)15-9-13-7-5-6-8-14(13)10-18-15/h5-8,12,15-16,18H,9-11H2,1-4H3,(H,19,21). The summed E-state index contributed by atoms with van der Waals surface area (Å²) in [5.41, 5.74) is 2.58. The third-order valence-corrected chi connectivity index (χ3v) is 4.09. The Kier molecular flexibility index (Phi) is 5.37. The van der Waals surface area contributed by atoms with Crippen LogP contribution in [0.15, 0.2) is 24.3 Å². The van der Waals surface area contributed by atoms with Crippen molar-refractivity contribution in [2.75, 3.05) is 20.6 Å². The average Bonchev–Trinajstić information content (AvgIpc) is 2.45. The first kappa shape index (κ1) is 16.0. The van der Waals surface area contributed by atoms with Gasteiger partial charge in [-0.3, -0.25) is 4.79 Å². The van der Waals surface area contributed by atoms with Crippen LogP contribution in [0.4, 0.5) is 0 Å². The Labute approximate surface area is 127 Å². The van der Waals surface area contributed by atoms with Crippen molar-refractivity contribution in [3.63, 3.8) is 0 Å². The lowest BCUT2D eigenvalue weighted by Gasteiger charge is -2.30. The van der Waals surface area contributed by atoms with E-state index < -0.39 is 0 Å². The third-order valence-electron chi connectivity index (χ3n) is 4.09. The first-order chi connectivity index (χ1) is 9.97. The van der Waals surface area contributed by atoms with E-state index in [1.807, 2.05) is 26.2 Å². The van der Waals surface area contributed by atoms with Gasteiger partial charge in [0.15, 0.2) is 0 Å². The van der Waals surface area contributed by atoms with Crippen molar-refractivity contribution in [1.29, 1.82) is 0 Å². The monoisotopic (exact) mass is 289 g/mol. The van der Waals surface area contributed by atoms with E-state index in [4.69, 9.17) is 0 Å². The summed E-state index contributed by atoms with van der Waals surface area (Å²) in [6.45, 7) is 5.94. The van der Waals surface area contributed by atoms with Crippen molar-refractivity contribution >= 4 is 5.91 Å². The normalized spacial score (nSPS) is 19.4. The van der Waals surface area contributed by atoms with Gasteiger partial charge in [-0.2, -0.15) is 0 Å². The summed E-state index contributed by atoms with van der Waals surface area (Å²) in [5, 5.41) is 6.55. The molecule has 0 bridgehead atoms. The molecule has 116 valence electrons. The van der Waals surface area contributed by atoms with Gasteiger partial charge in [0.2, 0.25) is 5.91 Å². The molecule has 0 aliphatic carbocycles. The van der Waals surface area contributed by atoms with Crippen LogP contribution in [0, 0.1) is 5.92 Å². The SMILES string of the molecule is CC(C)C(CN(C)C)NC(=O)C1Cc2ccccc2CN1. The molecule has 2 N–H and O–H groups in total. The minimum atomic E-state index is -0.122. The van der Waals surface area contributed by atoms with Crippen LogP contribution in [0.25, 0.3) is 0 Å². The molecule has 0 fully saturated rings. The van der Waals surface area contributed by atoms with Gasteiger partial charge in [0.1, 0.15) is 0 Å². The summed E-state index contributed by atoms with van der Waals surface area (Å²) in [6.07, 6.45) is 0.773. The maximum atomic E-state index is 12.5. The van der Waals surface area contributed by atoms with Crippen molar-refractivity contribution in [1.82, 2.24) is 15.5 Å². The van der Waals surface area contributed by atoms with Crippen molar-refractivity contribution in [3.8, 4) is 0 Å². The van der Waals surface area contributed by atoms with E-state index in [9.17, 15) is 4.79 Å². The van der Waals surface area contributed by atoms with Crippen molar-refractivity contribution in [3.05, 3.63) is 35.4 Å². The zero-order valence-electron chi connectivity index (χ0n) is 13.5. The molecular weight excluding hydrogens is 262 g/mol. The van der Waals surface area contributed by atoms with Gasteiger partial charge in [-0.15, -0.1) is 0 Å². The summed E-state index contributed by atoms with van der Waals surface area (Å²) >= 11 is 0. The van der Waals surface area contributed by atoms with Gasteiger partial charge < -0.3 is 15.5 Å². The van der Waals surface area contributed by atoms with Crippen LogP contribution in [-0.4, -0.2) is 43.5 Å². The molecule has 2 atom stereocenters. The van der Waals surface area contributed by atoms with E-state index in [0.29, 0.717) is 5.92 Å². The Hall–Kier alpha value is -1.39. The molecule has 0 radical (unpaired) electrons. The molecule has 4 nitrogen and oxygen atoms in total. The van der Waals surface area contributed by atoms with Crippen LogP contribution in [0.5, 0.6) is 0 Å². The van der Waals surface area contributed by atoms with Crippen LogP contribution in [0.1, 0.15) is 25.0 Å². The number of benzene rings is 1. The minimum absolute atomic E-state index is 0.116. The van der Waals surface area contributed by atoms with Gasteiger partial charge in [-0.25, -0.2) is 0 Å². The molecule has 1 aliphatic rings. The fraction of sp³-hybridized carbons (Fsp3) is 0.588. The van der Waals surface area contributed by atoms with Gasteiger partial charge in [-0.05, 0) is 37.6 Å². The minimum Gasteiger partial charge on any atom is -0.350 e. The first-order valence-electron chi connectivity index (χ1n) is 7.72. The fourth-order valence-corrected chi connectivity index (χ4v) is 2.74. The second kappa shape index (κ2) is 7.05. The molecule has 2 unspecified atom stereocenters. The van der Waals surface area contributed by atoms with E-state index >= 15 is 0 Å². The predicted octanol–water partition coefficient (Wildman–Crippen LogP) is 1.40. The number of carbonyl (C=O) groups is 1. The lowest BCUT2D eigenvalue weighted by Crippen LogP contribution is -2.53. The molecule has 21 heavy (non-hydrogen) atoms. The predicted molar refractivity (Wildman–Crippen MR) is 86.1 cm³/mol. The molecule has 1 amide bonds. The molecule has 0 saturated heterocycles. The molecule has 4 heteroatoms. The first-order valence-corrected chi connectivity index (χ1v) is 7.72. The zero-order chi connectivity index (χ0) is 15.4. The molecule has 0 saturated carbocycles. The molecule has 0 spiro atoms. The number of likely N-dealkylation sites (N-methyl/N-ethyl adjacent to an activating group) is 1. The maximum Gasteiger partial charge on any atom is 0.237 e. The quantitative estimate of drug-likeness (QED) is 0.861. The number of fused-ring (bicyclic) bond motifs is 1. The highest BCUT2D eigenvalue weighted by Gasteiger charge is 2.26. The van der Waals surface area contributed by atoms with Gasteiger partial charge in [0, 0.05) is 19.1 Å². The van der Waals surface area contributed by atoms with E-state index in [-0.39, 0.29) is 18.0 Å². The number of nitrogens with one attached hydrogen (secondary N) is 2. The number of nitrogens with zero attached hydrogens (tertiary/aromatic N) is 1. The Bertz CT molecular complexity index is 485. The Morgan fingerprint density at radius 1 is 1.33 bits per heavy atom. The summed E-state index contributed by atoms with van der Waals surface area (Å²) in [5.74, 6) is 0.539. The van der Waals surface area contributed by atoms with Gasteiger partial charge in [0.25, 0.3) is 0 Å². The van der Waals surface area contributed by atoms with Crippen LogP contribution in [0.2, 0.25) is 0 Å². The zero-order valence-corrected chi connectivity index (χ0v) is 13.5. The van der Waals surface area contributed by atoms with E-state index in [1.165, 1.54) is 11.1 Å². The third kappa shape index (κ3) is 4.29. The number of carbonyl (C=O) groups excluding carboxylic acids is 1. The van der Waals surface area contributed by atoms with Crippen LogP contribution in [-0.2, 0) is 17.8 Å². The molecule has 1 aromatic rings. The lowest BCUT2D eigenvalue weighted by atomic mass is 9.95. The Morgan fingerprint density at radius 2 is 2.00 bits per heavy atom. The van der Waals surface area contributed by atoms with Crippen LogP contribution >= 0.6 is 0 Å². The maximum absolute atomic E-state index is 12.5. The second-order valence-corrected chi connectivity index (χ2v) is 6.53. The highest BCUT2D eigenvalue weighted by molar-refractivity contribution is 5.82. The molecule has 1 aromatic carbocycles. The highest BCUT2D eigenvalue weighted by atomic mass is 16.2. The van der Waals surface area contributed by atoms with Gasteiger partial charge in [-0.1, -0.05) is 38.1 Å². The highest BCUT2D eigenvalue weighted by Crippen LogP contribution is 2.16. The molecule has 2 rings (SSSR count). The number of hydrogen-bond acceptors (Lipinski definition) is 3. The van der Waals surface area contributed by atoms with Gasteiger partial charge in [0.05, 0.1) is 6.04 Å². The van der Waals surface area contributed by atoms with E-state index in [1.54, 1.807) is 0 Å². The summed E-state index contributed by atoms with van der Waals surface area (Å²) in [6, 6.07) is 8.40. The van der Waals surface area contributed by atoms with Crippen LogP contribution in [0.3, 0.4) is 0 Å². The number of rotatable bonds is 5. The largest absolute Gasteiger partial charge is 0.350 e. The summed E-state index contributed by atoms with van der Waals surface area (Å²) in [4.78, 5) is 14.6. The van der Waals surface area contributed by atoms with Crippen molar-refractivity contribution in [2.24, 2.45) is 5.92 Å². The molecule has 1 heterocycles. The Balaban J connectivity index is 1.98. The fourth-order valence-electron chi connectivity index (χ4n) is 2.74. The summed E-state index contributed by atoms with van der Waals surface area (Å²) < 4.78 is 0. The van der Waals surface area contributed by atoms with Crippen molar-refractivity contribution in [2.45, 2.75) is 38.9 Å².